The Bertz CT molecular complexity index is 1260. The maximum atomic E-state index is 13.0. The van der Waals surface area contributed by atoms with E-state index in [9.17, 15) is 9.59 Å². The summed E-state index contributed by atoms with van der Waals surface area (Å²) in [6.45, 7) is 6.23. The number of hydrogen-bond acceptors (Lipinski definition) is 5. The number of benzene rings is 3. The van der Waals surface area contributed by atoms with E-state index in [1.807, 2.05) is 93.6 Å². The van der Waals surface area contributed by atoms with Crippen LogP contribution in [0.4, 0.5) is 11.4 Å². The third-order valence-corrected chi connectivity index (χ3v) is 5.77. The first-order chi connectivity index (χ1) is 16.7. The van der Waals surface area contributed by atoms with Gasteiger partial charge in [0.1, 0.15) is 5.60 Å². The lowest BCUT2D eigenvalue weighted by molar-refractivity contribution is -0.153. The summed E-state index contributed by atoms with van der Waals surface area (Å²) in [7, 11) is 0. The highest BCUT2D eigenvalue weighted by Crippen LogP contribution is 2.38. The second-order valence-electron chi connectivity index (χ2n) is 9.27. The van der Waals surface area contributed by atoms with E-state index in [4.69, 9.17) is 4.74 Å². The highest BCUT2D eigenvalue weighted by Gasteiger charge is 2.28. The van der Waals surface area contributed by atoms with Crippen molar-refractivity contribution >= 4 is 50.5 Å². The van der Waals surface area contributed by atoms with Crippen LogP contribution in [0.5, 0.6) is 0 Å². The third-order valence-electron chi connectivity index (χ3n) is 5.28. The molecule has 0 fully saturated rings. The predicted molar refractivity (Wildman–Crippen MR) is 144 cm³/mol. The van der Waals surface area contributed by atoms with Gasteiger partial charge in [-0.3, -0.25) is 9.59 Å². The molecule has 6 nitrogen and oxygen atoms in total. The molecular weight excluding hydrogens is 506 g/mol. The van der Waals surface area contributed by atoms with Gasteiger partial charge in [0, 0.05) is 22.3 Å². The molecular formula is C28H28BrN3O3. The highest BCUT2D eigenvalue weighted by molar-refractivity contribution is 9.10. The monoisotopic (exact) mass is 533 g/mol. The van der Waals surface area contributed by atoms with Gasteiger partial charge in [0.05, 0.1) is 23.5 Å². The molecule has 1 amide bonds. The predicted octanol–water partition coefficient (Wildman–Crippen LogP) is 5.81. The van der Waals surface area contributed by atoms with Crippen LogP contribution in [0.1, 0.15) is 37.5 Å². The summed E-state index contributed by atoms with van der Waals surface area (Å²) >= 11 is 3.47. The quantitative estimate of drug-likeness (QED) is 0.263. The van der Waals surface area contributed by atoms with E-state index in [2.05, 4.69) is 31.9 Å². The lowest BCUT2D eigenvalue weighted by atomic mass is 10.00. The Balaban J connectivity index is 1.53. The minimum absolute atomic E-state index is 0.145. The zero-order valence-electron chi connectivity index (χ0n) is 19.9. The van der Waals surface area contributed by atoms with Crippen molar-refractivity contribution in [1.82, 2.24) is 5.32 Å². The van der Waals surface area contributed by atoms with E-state index in [1.54, 1.807) is 0 Å². The number of ether oxygens (including phenoxy) is 1. The molecule has 1 aliphatic rings. The Morgan fingerprint density at radius 1 is 1.00 bits per heavy atom. The van der Waals surface area contributed by atoms with Gasteiger partial charge in [-0.1, -0.05) is 64.5 Å². The van der Waals surface area contributed by atoms with Crippen molar-refractivity contribution in [1.29, 1.82) is 0 Å². The van der Waals surface area contributed by atoms with Crippen LogP contribution < -0.4 is 16.0 Å². The Hall–Kier alpha value is -3.42. The first-order valence-electron chi connectivity index (χ1n) is 11.4. The van der Waals surface area contributed by atoms with Crippen LogP contribution >= 0.6 is 15.9 Å². The molecule has 3 aromatic rings. The topological polar surface area (TPSA) is 79.5 Å². The van der Waals surface area contributed by atoms with E-state index >= 15 is 0 Å². The number of esters is 1. The number of nitrogens with one attached hydrogen (secondary N) is 3. The largest absolute Gasteiger partial charge is 0.459 e. The number of anilines is 2. The summed E-state index contributed by atoms with van der Waals surface area (Å²) in [6.07, 6.45) is 0. The number of amides is 1. The molecule has 1 heterocycles. The van der Waals surface area contributed by atoms with Gasteiger partial charge in [-0.05, 0) is 56.2 Å². The number of carbonyl (C=O) groups excluding carboxylic acids is 2. The van der Waals surface area contributed by atoms with Crippen LogP contribution in [-0.2, 0) is 20.9 Å². The second kappa shape index (κ2) is 10.5. The van der Waals surface area contributed by atoms with Crippen LogP contribution in [0.25, 0.3) is 11.3 Å². The Morgan fingerprint density at radius 2 is 1.71 bits per heavy atom. The molecule has 3 aromatic carbocycles. The van der Waals surface area contributed by atoms with E-state index in [-0.39, 0.29) is 18.4 Å². The lowest BCUT2D eigenvalue weighted by Gasteiger charge is -2.19. The number of fused-ring (bicyclic) bond motifs is 1. The molecule has 0 aliphatic carbocycles. The summed E-state index contributed by atoms with van der Waals surface area (Å²) in [5.74, 6) is -0.426. The third kappa shape index (κ3) is 6.38. The molecule has 1 aliphatic heterocycles. The van der Waals surface area contributed by atoms with Gasteiger partial charge in [0.2, 0.25) is 0 Å². The lowest BCUT2D eigenvalue weighted by Crippen LogP contribution is -2.31. The van der Waals surface area contributed by atoms with Gasteiger partial charge < -0.3 is 20.7 Å². The van der Waals surface area contributed by atoms with Crippen molar-refractivity contribution in [2.24, 2.45) is 0 Å². The first-order valence-corrected chi connectivity index (χ1v) is 12.2. The van der Waals surface area contributed by atoms with Crippen molar-refractivity contribution in [3.8, 4) is 0 Å². The fourth-order valence-corrected chi connectivity index (χ4v) is 4.17. The Morgan fingerprint density at radius 3 is 2.40 bits per heavy atom. The number of carbonyl (C=O) groups is 2. The number of rotatable bonds is 7. The van der Waals surface area contributed by atoms with Crippen LogP contribution in [0, 0.1) is 0 Å². The summed E-state index contributed by atoms with van der Waals surface area (Å²) < 4.78 is 6.22. The van der Waals surface area contributed by atoms with Gasteiger partial charge >= 0.3 is 5.97 Å². The van der Waals surface area contributed by atoms with Gasteiger partial charge in [0.25, 0.3) is 5.91 Å². The summed E-state index contributed by atoms with van der Waals surface area (Å²) in [6, 6.07) is 23.5. The van der Waals surface area contributed by atoms with E-state index in [0.717, 1.165) is 38.2 Å². The highest BCUT2D eigenvalue weighted by atomic mass is 79.9. The molecule has 35 heavy (non-hydrogen) atoms. The van der Waals surface area contributed by atoms with Gasteiger partial charge in [-0.15, -0.1) is 0 Å². The zero-order chi connectivity index (χ0) is 25.0. The van der Waals surface area contributed by atoms with E-state index in [1.165, 1.54) is 0 Å². The number of halogens is 1. The van der Waals surface area contributed by atoms with Gasteiger partial charge in [-0.2, -0.15) is 0 Å². The fourth-order valence-electron chi connectivity index (χ4n) is 3.81. The fraction of sp³-hybridized carbons (Fsp3) is 0.214. The molecule has 0 spiro atoms. The summed E-state index contributed by atoms with van der Waals surface area (Å²) in [4.78, 5) is 24.9. The molecule has 0 saturated carbocycles. The van der Waals surface area contributed by atoms with E-state index < -0.39 is 5.60 Å². The van der Waals surface area contributed by atoms with Crippen molar-refractivity contribution < 1.29 is 14.3 Å². The molecule has 4 rings (SSSR count). The normalized spacial score (nSPS) is 14.2. The minimum atomic E-state index is -0.496. The Kier molecular flexibility index (Phi) is 7.38. The average Bonchev–Trinajstić information content (AvgIpc) is 3.12. The second-order valence-corrected chi connectivity index (χ2v) is 10.2. The van der Waals surface area contributed by atoms with Crippen molar-refractivity contribution in [2.45, 2.75) is 32.9 Å². The molecule has 0 radical (unpaired) electrons. The molecule has 0 saturated heterocycles. The molecule has 0 unspecified atom stereocenters. The molecule has 7 heteroatoms. The first kappa shape index (κ1) is 24.7. The maximum absolute atomic E-state index is 13.0. The molecule has 3 N–H and O–H groups in total. The summed E-state index contributed by atoms with van der Waals surface area (Å²) in [5, 5.41) is 9.55. The molecule has 0 atom stereocenters. The minimum Gasteiger partial charge on any atom is -0.459 e. The van der Waals surface area contributed by atoms with Crippen LogP contribution in [0.3, 0.4) is 0 Å². The number of hydrogen-bond donors (Lipinski definition) is 3. The van der Waals surface area contributed by atoms with E-state index in [0.29, 0.717) is 12.1 Å². The van der Waals surface area contributed by atoms with Crippen molar-refractivity contribution in [2.75, 3.05) is 17.2 Å². The smallest absolute Gasteiger partial charge is 0.320 e. The van der Waals surface area contributed by atoms with Crippen molar-refractivity contribution in [3.63, 3.8) is 0 Å². The molecule has 0 bridgehead atoms. The van der Waals surface area contributed by atoms with Crippen molar-refractivity contribution in [3.05, 3.63) is 94.0 Å². The van der Waals surface area contributed by atoms with Gasteiger partial charge in [0.15, 0.2) is 0 Å². The zero-order valence-corrected chi connectivity index (χ0v) is 21.5. The van der Waals surface area contributed by atoms with Crippen LogP contribution in [-0.4, -0.2) is 24.0 Å². The van der Waals surface area contributed by atoms with Gasteiger partial charge in [-0.25, -0.2) is 0 Å². The average molecular weight is 534 g/mol. The SMILES string of the molecule is CC(C)(C)OC(=O)CNCc1ccc(N/C(=C2\C(=O)Nc3cc(Br)ccc32)c2ccccc2)cc1. The Labute approximate surface area is 213 Å². The standard InChI is InChI=1S/C28H28BrN3O3/c1-28(2,3)35-24(33)17-30-16-18-9-12-21(13-10-18)31-26(19-7-5-4-6-8-19)25-22-14-11-20(29)15-23(22)32-27(25)34/h4-15,30-31H,16-17H2,1-3H3,(H,32,34)/b26-25-. The summed E-state index contributed by atoms with van der Waals surface area (Å²) in [5.41, 5.74) is 5.27. The molecule has 0 aromatic heterocycles. The molecule has 180 valence electrons. The van der Waals surface area contributed by atoms with Crippen LogP contribution in [0.2, 0.25) is 0 Å². The maximum Gasteiger partial charge on any atom is 0.320 e. The van der Waals surface area contributed by atoms with Crippen LogP contribution in [0.15, 0.2) is 77.3 Å².